The number of carbonyl (C=O) groups excluding carboxylic acids is 2. The average Bonchev–Trinajstić information content (AvgIpc) is 2.86. The van der Waals surface area contributed by atoms with Crippen molar-refractivity contribution >= 4 is 41.9 Å². The number of nitrogens with zero attached hydrogens (tertiary/aromatic N) is 4. The van der Waals surface area contributed by atoms with Crippen LogP contribution in [0, 0.1) is 5.92 Å². The number of hydrogen-bond donors (Lipinski definition) is 2. The summed E-state index contributed by atoms with van der Waals surface area (Å²) in [6.45, 7) is 13.3. The number of aliphatic imine (C=N–C) groups is 1. The quantitative estimate of drug-likeness (QED) is 0.257. The summed E-state index contributed by atoms with van der Waals surface area (Å²) in [7, 11) is 0. The Morgan fingerprint density at radius 1 is 1.24 bits per heavy atom. The van der Waals surface area contributed by atoms with Gasteiger partial charge in [-0.25, -0.2) is 4.79 Å². The van der Waals surface area contributed by atoms with E-state index in [9.17, 15) is 9.59 Å². The van der Waals surface area contributed by atoms with Crippen LogP contribution in [0.15, 0.2) is 4.99 Å². The average molecular weight is 466 g/mol. The molecule has 0 atom stereocenters. The van der Waals surface area contributed by atoms with E-state index in [1.807, 2.05) is 6.92 Å². The highest BCUT2D eigenvalue weighted by atomic mass is 127. The molecule has 2 saturated heterocycles. The van der Waals surface area contributed by atoms with Crippen molar-refractivity contribution in [2.45, 2.75) is 20.8 Å². The van der Waals surface area contributed by atoms with E-state index >= 15 is 0 Å². The highest BCUT2D eigenvalue weighted by Gasteiger charge is 2.27. The van der Waals surface area contributed by atoms with Gasteiger partial charge in [-0.15, -0.1) is 24.0 Å². The Labute approximate surface area is 167 Å². The monoisotopic (exact) mass is 466 g/mol. The van der Waals surface area contributed by atoms with Gasteiger partial charge in [-0.2, -0.15) is 0 Å². The van der Waals surface area contributed by atoms with E-state index < -0.39 is 0 Å². The number of rotatable bonds is 6. The Balaban J connectivity index is 0.00000312. The Morgan fingerprint density at radius 2 is 1.92 bits per heavy atom. The number of piperazine rings is 1. The largest absolute Gasteiger partial charge is 0.357 e. The molecule has 0 aromatic carbocycles. The lowest BCUT2D eigenvalue weighted by Crippen LogP contribution is -2.53. The van der Waals surface area contributed by atoms with Crippen molar-refractivity contribution in [2.24, 2.45) is 10.9 Å². The van der Waals surface area contributed by atoms with Gasteiger partial charge in [0.25, 0.3) is 0 Å². The molecule has 0 unspecified atom stereocenters. The number of hydrogen-bond acceptors (Lipinski definition) is 4. The normalized spacial score (nSPS) is 19.3. The second kappa shape index (κ2) is 10.8. The molecule has 2 N–H and O–H groups in total. The molecule has 2 aliphatic heterocycles. The zero-order chi connectivity index (χ0) is 17.5. The lowest BCUT2D eigenvalue weighted by Gasteiger charge is -2.37. The first kappa shape index (κ1) is 21.9. The number of halogens is 1. The van der Waals surface area contributed by atoms with Crippen LogP contribution in [0.5, 0.6) is 0 Å². The van der Waals surface area contributed by atoms with Gasteiger partial charge in [0.15, 0.2) is 5.96 Å². The van der Waals surface area contributed by atoms with Crippen LogP contribution in [-0.2, 0) is 4.79 Å². The first-order valence-corrected chi connectivity index (χ1v) is 8.85. The predicted octanol–water partition coefficient (Wildman–Crippen LogP) is 0.395. The number of guanidine groups is 1. The molecule has 2 aliphatic rings. The van der Waals surface area contributed by atoms with E-state index in [1.54, 1.807) is 0 Å². The predicted molar refractivity (Wildman–Crippen MR) is 109 cm³/mol. The zero-order valence-corrected chi connectivity index (χ0v) is 17.8. The third-order valence-electron chi connectivity index (χ3n) is 4.15. The first-order chi connectivity index (χ1) is 11.5. The summed E-state index contributed by atoms with van der Waals surface area (Å²) < 4.78 is 0. The lowest BCUT2D eigenvalue weighted by atomic mass is 10.2. The van der Waals surface area contributed by atoms with Crippen LogP contribution in [0.2, 0.25) is 0 Å². The van der Waals surface area contributed by atoms with Gasteiger partial charge in [0.2, 0.25) is 5.91 Å². The number of nitrogens with one attached hydrogen (secondary N) is 2. The van der Waals surface area contributed by atoms with Crippen LogP contribution < -0.4 is 10.6 Å². The second-order valence-corrected chi connectivity index (χ2v) is 6.62. The highest BCUT2D eigenvalue weighted by molar-refractivity contribution is 14.0. The van der Waals surface area contributed by atoms with E-state index in [1.165, 1.54) is 4.90 Å². The zero-order valence-electron chi connectivity index (χ0n) is 15.5. The van der Waals surface area contributed by atoms with Crippen molar-refractivity contribution in [1.29, 1.82) is 0 Å². The Morgan fingerprint density at radius 3 is 2.44 bits per heavy atom. The maximum absolute atomic E-state index is 11.6. The van der Waals surface area contributed by atoms with E-state index in [0.29, 0.717) is 19.0 Å². The number of urea groups is 1. The molecular formula is C16H31IN6O2. The minimum atomic E-state index is -0.317. The molecule has 2 fully saturated rings. The van der Waals surface area contributed by atoms with E-state index in [0.717, 1.165) is 45.2 Å². The summed E-state index contributed by atoms with van der Waals surface area (Å²) in [5.74, 6) is 1.37. The van der Waals surface area contributed by atoms with Crippen LogP contribution in [0.4, 0.5) is 4.79 Å². The summed E-state index contributed by atoms with van der Waals surface area (Å²) in [5.41, 5.74) is 0. The maximum atomic E-state index is 11.6. The number of imide groups is 1. The van der Waals surface area contributed by atoms with Gasteiger partial charge >= 0.3 is 6.03 Å². The molecule has 25 heavy (non-hydrogen) atoms. The second-order valence-electron chi connectivity index (χ2n) is 6.62. The Hall–Kier alpha value is -1.10. The Bertz CT molecular complexity index is 461. The SMILES string of the molecule is CCNC(=NCCN1C(=O)CNC1=O)N1CCN(CC(C)C)CC1.I. The van der Waals surface area contributed by atoms with E-state index in [4.69, 9.17) is 0 Å². The van der Waals surface area contributed by atoms with Crippen LogP contribution in [0.3, 0.4) is 0 Å². The molecule has 144 valence electrons. The number of carbonyl (C=O) groups is 2. The van der Waals surface area contributed by atoms with Crippen molar-refractivity contribution < 1.29 is 9.59 Å². The van der Waals surface area contributed by atoms with E-state index in [2.05, 4.69) is 39.3 Å². The minimum Gasteiger partial charge on any atom is -0.357 e. The summed E-state index contributed by atoms with van der Waals surface area (Å²) in [6.07, 6.45) is 0. The molecule has 0 bridgehead atoms. The summed E-state index contributed by atoms with van der Waals surface area (Å²) in [6, 6.07) is -0.317. The molecule has 2 rings (SSSR count). The molecular weight excluding hydrogens is 435 g/mol. The van der Waals surface area contributed by atoms with Crippen molar-refractivity contribution in [1.82, 2.24) is 25.3 Å². The lowest BCUT2D eigenvalue weighted by molar-refractivity contribution is -0.124. The highest BCUT2D eigenvalue weighted by Crippen LogP contribution is 2.06. The third-order valence-corrected chi connectivity index (χ3v) is 4.15. The molecule has 0 aromatic rings. The van der Waals surface area contributed by atoms with Crippen molar-refractivity contribution in [3.05, 3.63) is 0 Å². The van der Waals surface area contributed by atoms with Gasteiger partial charge < -0.3 is 15.5 Å². The van der Waals surface area contributed by atoms with Gasteiger partial charge in [0.05, 0.1) is 19.6 Å². The van der Waals surface area contributed by atoms with Crippen molar-refractivity contribution in [3.63, 3.8) is 0 Å². The van der Waals surface area contributed by atoms with Gasteiger partial charge in [-0.1, -0.05) is 13.8 Å². The van der Waals surface area contributed by atoms with E-state index in [-0.39, 0.29) is 42.5 Å². The van der Waals surface area contributed by atoms with Crippen molar-refractivity contribution in [2.75, 3.05) is 58.9 Å². The summed E-state index contributed by atoms with van der Waals surface area (Å²) in [5, 5.41) is 5.83. The first-order valence-electron chi connectivity index (χ1n) is 8.85. The summed E-state index contributed by atoms with van der Waals surface area (Å²) >= 11 is 0. The van der Waals surface area contributed by atoms with Crippen LogP contribution >= 0.6 is 24.0 Å². The van der Waals surface area contributed by atoms with Crippen LogP contribution in [0.25, 0.3) is 0 Å². The minimum absolute atomic E-state index is 0. The van der Waals surface area contributed by atoms with Gasteiger partial charge in [0, 0.05) is 39.3 Å². The number of amides is 3. The molecule has 0 saturated carbocycles. The van der Waals surface area contributed by atoms with Gasteiger partial charge in [-0.3, -0.25) is 19.6 Å². The third kappa shape index (κ3) is 6.61. The molecule has 8 nitrogen and oxygen atoms in total. The summed E-state index contributed by atoms with van der Waals surface area (Å²) in [4.78, 5) is 33.7. The van der Waals surface area contributed by atoms with Crippen LogP contribution in [-0.4, -0.2) is 91.5 Å². The van der Waals surface area contributed by atoms with Crippen LogP contribution in [0.1, 0.15) is 20.8 Å². The fourth-order valence-corrected chi connectivity index (χ4v) is 3.02. The fourth-order valence-electron chi connectivity index (χ4n) is 3.02. The standard InChI is InChI=1S/C16H30N6O2.HI/c1-4-17-15(18-5-6-22-14(23)11-19-16(22)24)21-9-7-20(8-10-21)12-13(2)3;/h13H,4-12H2,1-3H3,(H,17,18)(H,19,24);1H. The van der Waals surface area contributed by atoms with Gasteiger partial charge in [-0.05, 0) is 12.8 Å². The smallest absolute Gasteiger partial charge is 0.324 e. The fraction of sp³-hybridized carbons (Fsp3) is 0.812. The molecule has 2 heterocycles. The molecule has 0 aliphatic carbocycles. The molecule has 3 amide bonds. The molecule has 0 aromatic heterocycles. The van der Waals surface area contributed by atoms with Gasteiger partial charge in [0.1, 0.15) is 0 Å². The topological polar surface area (TPSA) is 80.3 Å². The molecule has 0 radical (unpaired) electrons. The van der Waals surface area contributed by atoms with Crippen molar-refractivity contribution in [3.8, 4) is 0 Å². The maximum Gasteiger partial charge on any atom is 0.324 e. The Kier molecular flexibility index (Phi) is 9.47. The molecule has 0 spiro atoms. The molecule has 9 heteroatoms.